The molecule has 3 heterocycles. The van der Waals surface area contributed by atoms with Crippen molar-refractivity contribution in [2.45, 2.75) is 0 Å². The zero-order valence-corrected chi connectivity index (χ0v) is 14.9. The molecule has 0 aliphatic heterocycles. The van der Waals surface area contributed by atoms with Gasteiger partial charge in [0.15, 0.2) is 11.6 Å². The van der Waals surface area contributed by atoms with Crippen molar-refractivity contribution in [2.75, 3.05) is 0 Å². The van der Waals surface area contributed by atoms with Crippen molar-refractivity contribution in [3.63, 3.8) is 0 Å². The molecule has 3 aromatic heterocycles. The number of nitrogens with one attached hydrogen (secondary N) is 1. The van der Waals surface area contributed by atoms with Gasteiger partial charge in [-0.2, -0.15) is 5.10 Å². The molecule has 0 aliphatic rings. The zero-order chi connectivity index (χ0) is 19.3. The van der Waals surface area contributed by atoms with E-state index in [0.717, 1.165) is 28.2 Å². The molecule has 136 valence electrons. The number of hydrogen-bond donors (Lipinski definition) is 2. The van der Waals surface area contributed by atoms with E-state index < -0.39 is 28.8 Å². The average Bonchev–Trinajstić information content (AvgIpc) is 3.24. The van der Waals surface area contributed by atoms with Crippen LogP contribution in [0.5, 0.6) is 0 Å². The van der Waals surface area contributed by atoms with Crippen LogP contribution in [0.4, 0.5) is 8.78 Å². The Labute approximate surface area is 158 Å². The molecule has 0 unspecified atom stereocenters. The number of primary amides is 1. The minimum absolute atomic E-state index is 0.0407. The summed E-state index contributed by atoms with van der Waals surface area (Å²) in [7, 11) is 0. The molecule has 0 saturated carbocycles. The fourth-order valence-electron chi connectivity index (χ4n) is 2.77. The lowest BCUT2D eigenvalue weighted by atomic mass is 10.1. The Bertz CT molecular complexity index is 1260. The maximum absolute atomic E-state index is 14.3. The summed E-state index contributed by atoms with van der Waals surface area (Å²) in [5.41, 5.74) is 4.83. The third-order valence-corrected chi connectivity index (χ3v) is 5.17. The van der Waals surface area contributed by atoms with Crippen molar-refractivity contribution in [2.24, 2.45) is 5.73 Å². The van der Waals surface area contributed by atoms with E-state index in [-0.39, 0.29) is 26.5 Å². The standard InChI is InChI=1S/C17H9ClF2N4O2S/c18-8-5-22-17(26)12-13(7-4-11(16(21)25)27-6-7)23-24(14(8)12)15-9(19)2-1-3-10(15)20/h1-6H,(H2,21,25)(H,22,26). The minimum Gasteiger partial charge on any atom is -0.365 e. The Morgan fingerprint density at radius 1 is 1.30 bits per heavy atom. The second kappa shape index (κ2) is 6.29. The van der Waals surface area contributed by atoms with Gasteiger partial charge in [0, 0.05) is 17.1 Å². The Balaban J connectivity index is 2.12. The number of benzene rings is 1. The monoisotopic (exact) mass is 406 g/mol. The van der Waals surface area contributed by atoms with Crippen LogP contribution in [0.15, 0.2) is 40.6 Å². The molecule has 10 heteroatoms. The third-order valence-electron chi connectivity index (χ3n) is 3.93. The van der Waals surface area contributed by atoms with E-state index in [4.69, 9.17) is 17.3 Å². The van der Waals surface area contributed by atoms with E-state index in [1.165, 1.54) is 18.3 Å². The summed E-state index contributed by atoms with van der Waals surface area (Å²) in [6.07, 6.45) is 1.22. The highest BCUT2D eigenvalue weighted by atomic mass is 35.5. The Hall–Kier alpha value is -3.04. The summed E-state index contributed by atoms with van der Waals surface area (Å²) in [6.45, 7) is 0. The Morgan fingerprint density at radius 2 is 2.00 bits per heavy atom. The number of halogens is 3. The summed E-state index contributed by atoms with van der Waals surface area (Å²) >= 11 is 7.26. The van der Waals surface area contributed by atoms with Crippen LogP contribution < -0.4 is 11.3 Å². The van der Waals surface area contributed by atoms with Gasteiger partial charge in [0.1, 0.15) is 16.9 Å². The van der Waals surface area contributed by atoms with Crippen molar-refractivity contribution in [1.29, 1.82) is 0 Å². The van der Waals surface area contributed by atoms with Gasteiger partial charge in [-0.1, -0.05) is 17.7 Å². The lowest BCUT2D eigenvalue weighted by Gasteiger charge is -2.06. The van der Waals surface area contributed by atoms with E-state index in [9.17, 15) is 18.4 Å². The number of H-pyrrole nitrogens is 1. The molecular formula is C17H9ClF2N4O2S. The van der Waals surface area contributed by atoms with Crippen molar-refractivity contribution >= 4 is 39.7 Å². The minimum atomic E-state index is -0.870. The lowest BCUT2D eigenvalue weighted by Crippen LogP contribution is -2.08. The van der Waals surface area contributed by atoms with Gasteiger partial charge >= 0.3 is 0 Å². The number of thiophene rings is 1. The van der Waals surface area contributed by atoms with Crippen LogP contribution in [-0.2, 0) is 0 Å². The molecule has 0 bridgehead atoms. The number of rotatable bonds is 3. The SMILES string of the molecule is NC(=O)c1cc(-c2nn(-c3c(F)cccc3F)c3c(Cl)c[nH]c(=O)c23)cs1. The van der Waals surface area contributed by atoms with Crippen LogP contribution in [0.1, 0.15) is 9.67 Å². The normalized spacial score (nSPS) is 11.2. The summed E-state index contributed by atoms with van der Waals surface area (Å²) in [5, 5.41) is 5.90. The van der Waals surface area contributed by atoms with Gasteiger partial charge in [-0.05, 0) is 18.2 Å². The van der Waals surface area contributed by atoms with E-state index in [1.54, 1.807) is 5.38 Å². The van der Waals surface area contributed by atoms with Crippen LogP contribution in [0.25, 0.3) is 27.8 Å². The Morgan fingerprint density at radius 3 is 2.63 bits per heavy atom. The van der Waals surface area contributed by atoms with Crippen LogP contribution in [-0.4, -0.2) is 20.7 Å². The van der Waals surface area contributed by atoms with Crippen molar-refractivity contribution < 1.29 is 13.6 Å². The molecule has 0 radical (unpaired) electrons. The lowest BCUT2D eigenvalue weighted by molar-refractivity contribution is 0.100. The second-order valence-corrected chi connectivity index (χ2v) is 6.90. The number of carbonyl (C=O) groups excluding carboxylic acids is 1. The smallest absolute Gasteiger partial charge is 0.259 e. The number of aromatic amines is 1. The topological polar surface area (TPSA) is 93.8 Å². The first-order valence-electron chi connectivity index (χ1n) is 7.51. The fourth-order valence-corrected chi connectivity index (χ4v) is 3.74. The van der Waals surface area contributed by atoms with Crippen molar-refractivity contribution in [3.05, 3.63) is 67.7 Å². The summed E-state index contributed by atoms with van der Waals surface area (Å²) in [6, 6.07) is 4.81. The quantitative estimate of drug-likeness (QED) is 0.545. The molecule has 0 aliphatic carbocycles. The highest BCUT2D eigenvalue weighted by Crippen LogP contribution is 2.34. The van der Waals surface area contributed by atoms with Gasteiger partial charge in [-0.25, -0.2) is 13.5 Å². The summed E-state index contributed by atoms with van der Waals surface area (Å²) < 4.78 is 29.6. The van der Waals surface area contributed by atoms with E-state index >= 15 is 0 Å². The molecule has 4 aromatic rings. The molecule has 3 N–H and O–H groups in total. The highest BCUT2D eigenvalue weighted by Gasteiger charge is 2.23. The number of nitrogens with zero attached hydrogens (tertiary/aromatic N) is 2. The molecule has 27 heavy (non-hydrogen) atoms. The molecule has 0 saturated heterocycles. The van der Waals surface area contributed by atoms with Crippen LogP contribution in [0.3, 0.4) is 0 Å². The predicted octanol–water partition coefficient (Wildman–Crippen LogP) is 3.47. The predicted molar refractivity (Wildman–Crippen MR) is 98.4 cm³/mol. The number of fused-ring (bicyclic) bond motifs is 1. The van der Waals surface area contributed by atoms with E-state index in [2.05, 4.69) is 10.1 Å². The van der Waals surface area contributed by atoms with E-state index in [0.29, 0.717) is 5.56 Å². The number of amides is 1. The number of carbonyl (C=O) groups is 1. The van der Waals surface area contributed by atoms with Gasteiger partial charge < -0.3 is 10.7 Å². The van der Waals surface area contributed by atoms with Gasteiger partial charge in [-0.3, -0.25) is 9.59 Å². The summed E-state index contributed by atoms with van der Waals surface area (Å²) in [5.74, 6) is -2.38. The molecule has 0 spiro atoms. The number of nitrogens with two attached hydrogens (primary N) is 1. The van der Waals surface area contributed by atoms with Crippen LogP contribution >= 0.6 is 22.9 Å². The third kappa shape index (κ3) is 2.71. The van der Waals surface area contributed by atoms with Crippen LogP contribution in [0, 0.1) is 11.6 Å². The molecule has 6 nitrogen and oxygen atoms in total. The first-order chi connectivity index (χ1) is 12.9. The number of aromatic nitrogens is 3. The molecule has 0 fully saturated rings. The second-order valence-electron chi connectivity index (χ2n) is 5.58. The largest absolute Gasteiger partial charge is 0.365 e. The van der Waals surface area contributed by atoms with Gasteiger partial charge in [0.2, 0.25) is 0 Å². The molecule has 0 atom stereocenters. The zero-order valence-electron chi connectivity index (χ0n) is 13.3. The maximum atomic E-state index is 14.3. The van der Waals surface area contributed by atoms with Crippen molar-refractivity contribution in [3.8, 4) is 16.9 Å². The molecule has 4 rings (SSSR count). The van der Waals surface area contributed by atoms with Gasteiger partial charge in [-0.15, -0.1) is 11.3 Å². The highest BCUT2D eigenvalue weighted by molar-refractivity contribution is 7.12. The molecule has 1 amide bonds. The molecular weight excluding hydrogens is 398 g/mol. The average molecular weight is 407 g/mol. The first kappa shape index (κ1) is 17.4. The van der Waals surface area contributed by atoms with Crippen LogP contribution in [0.2, 0.25) is 5.02 Å². The number of para-hydroxylation sites is 1. The number of pyridine rings is 1. The molecule has 1 aromatic carbocycles. The summed E-state index contributed by atoms with van der Waals surface area (Å²) in [4.78, 5) is 26.5. The first-order valence-corrected chi connectivity index (χ1v) is 8.77. The van der Waals surface area contributed by atoms with Gasteiger partial charge in [0.05, 0.1) is 15.3 Å². The van der Waals surface area contributed by atoms with Crippen molar-refractivity contribution in [1.82, 2.24) is 14.8 Å². The van der Waals surface area contributed by atoms with E-state index in [1.807, 2.05) is 0 Å². The maximum Gasteiger partial charge on any atom is 0.259 e. The van der Waals surface area contributed by atoms with Gasteiger partial charge in [0.25, 0.3) is 11.5 Å². The number of hydrogen-bond acceptors (Lipinski definition) is 4. The Kier molecular flexibility index (Phi) is 4.05. The fraction of sp³-hybridized carbons (Fsp3) is 0.